The van der Waals surface area contributed by atoms with Crippen LogP contribution in [0.5, 0.6) is 0 Å². The highest BCUT2D eigenvalue weighted by Crippen LogP contribution is 2.66. The third kappa shape index (κ3) is 7.65. The minimum atomic E-state index is -3.92. The van der Waals surface area contributed by atoms with Gasteiger partial charge in [0.1, 0.15) is 21.5 Å². The van der Waals surface area contributed by atoms with Crippen molar-refractivity contribution >= 4 is 43.5 Å². The molecule has 1 heterocycles. The second kappa shape index (κ2) is 12.5. The highest BCUT2D eigenvalue weighted by molar-refractivity contribution is 7.90. The van der Waals surface area contributed by atoms with E-state index in [0.29, 0.717) is 12.8 Å². The molecule has 252 valence electrons. The highest BCUT2D eigenvalue weighted by atomic mass is 32.2. The molecule has 2 N–H and O–H groups in total. The number of alkyl carbamates (subject to hydrolysis) is 1. The van der Waals surface area contributed by atoms with Crippen molar-refractivity contribution in [3.8, 4) is 0 Å². The zero-order valence-corrected chi connectivity index (χ0v) is 29.0. The van der Waals surface area contributed by atoms with E-state index < -0.39 is 60.4 Å². The molecule has 1 aromatic carbocycles. The van der Waals surface area contributed by atoms with Crippen molar-refractivity contribution in [2.75, 3.05) is 42.3 Å². The second-order valence-electron chi connectivity index (χ2n) is 14.4. The summed E-state index contributed by atoms with van der Waals surface area (Å²) in [5, 5.41) is 5.54. The highest BCUT2D eigenvalue weighted by Gasteiger charge is 2.66. The van der Waals surface area contributed by atoms with E-state index >= 15 is 0 Å². The summed E-state index contributed by atoms with van der Waals surface area (Å²) in [5.74, 6) is -1.29. The van der Waals surface area contributed by atoms with Gasteiger partial charge in [0.05, 0.1) is 18.1 Å². The van der Waals surface area contributed by atoms with E-state index in [1.165, 1.54) is 4.31 Å². The molecule has 12 nitrogen and oxygen atoms in total. The number of nitrogens with one attached hydrogen (secondary N) is 2. The van der Waals surface area contributed by atoms with Crippen LogP contribution in [0.4, 0.5) is 10.5 Å². The summed E-state index contributed by atoms with van der Waals surface area (Å²) in [6.07, 6.45) is 1.97. The van der Waals surface area contributed by atoms with E-state index in [0.717, 1.165) is 23.9 Å². The average molecular weight is 669 g/mol. The first kappa shape index (κ1) is 35.1. The summed E-state index contributed by atoms with van der Waals surface area (Å²) in [4.78, 5) is 41.1. The lowest BCUT2D eigenvalue weighted by Gasteiger charge is -2.44. The zero-order valence-electron chi connectivity index (χ0n) is 27.4. The van der Waals surface area contributed by atoms with Crippen LogP contribution >= 0.6 is 0 Å². The Balaban J connectivity index is 1.53. The van der Waals surface area contributed by atoms with Crippen LogP contribution in [0, 0.1) is 23.7 Å². The maximum Gasteiger partial charge on any atom is 0.408 e. The summed E-state index contributed by atoms with van der Waals surface area (Å²) >= 11 is 0. The Morgan fingerprint density at radius 1 is 1.11 bits per heavy atom. The SMILES string of the molecule is Cc1ccccc1N1CCN(S(=O)(=O)CC23CCC(CC2NC(=O)[C@H](CCS(C)(=O)=O)NC(=O)OC(C)(C)C)C3(C)C)CC1=O. The van der Waals surface area contributed by atoms with Crippen molar-refractivity contribution in [3.05, 3.63) is 29.8 Å². The smallest absolute Gasteiger partial charge is 0.408 e. The number of ether oxygens (including phenoxy) is 1. The molecule has 14 heteroatoms. The molecular weight excluding hydrogens is 620 g/mol. The Hall–Kier alpha value is -2.71. The predicted octanol–water partition coefficient (Wildman–Crippen LogP) is 2.61. The Kier molecular flexibility index (Phi) is 9.75. The van der Waals surface area contributed by atoms with Crippen LogP contribution in [0.3, 0.4) is 0 Å². The fourth-order valence-corrected chi connectivity index (χ4v) is 10.3. The molecular formula is C31H48N4O8S2. The Bertz CT molecular complexity index is 1540. The first-order valence-corrected chi connectivity index (χ1v) is 19.1. The Morgan fingerprint density at radius 3 is 2.36 bits per heavy atom. The fraction of sp³-hybridized carbons (Fsp3) is 0.710. The molecule has 3 amide bonds. The minimum absolute atomic E-state index is 0.158. The molecule has 2 saturated carbocycles. The van der Waals surface area contributed by atoms with Crippen molar-refractivity contribution in [3.63, 3.8) is 0 Å². The van der Waals surface area contributed by atoms with Crippen molar-refractivity contribution in [1.82, 2.24) is 14.9 Å². The molecule has 1 aromatic rings. The van der Waals surface area contributed by atoms with Gasteiger partial charge in [-0.2, -0.15) is 4.31 Å². The molecule has 4 atom stereocenters. The number of anilines is 1. The number of piperazine rings is 1. The molecule has 2 aliphatic carbocycles. The molecule has 45 heavy (non-hydrogen) atoms. The molecule has 0 spiro atoms. The van der Waals surface area contributed by atoms with Crippen LogP contribution in [-0.4, -0.2) is 94.1 Å². The summed E-state index contributed by atoms with van der Waals surface area (Å²) in [7, 11) is -7.37. The van der Waals surface area contributed by atoms with E-state index in [2.05, 4.69) is 10.6 Å². The Morgan fingerprint density at radius 2 is 1.78 bits per heavy atom. The number of rotatable bonds is 10. The van der Waals surface area contributed by atoms with Gasteiger partial charge >= 0.3 is 6.09 Å². The van der Waals surface area contributed by atoms with Gasteiger partial charge in [0, 0.05) is 36.5 Å². The van der Waals surface area contributed by atoms with Gasteiger partial charge in [0.2, 0.25) is 21.8 Å². The van der Waals surface area contributed by atoms with E-state index in [4.69, 9.17) is 4.74 Å². The van der Waals surface area contributed by atoms with Gasteiger partial charge in [-0.3, -0.25) is 9.59 Å². The number of amides is 3. The third-order valence-corrected chi connectivity index (χ3v) is 12.9. The maximum absolute atomic E-state index is 14.0. The monoisotopic (exact) mass is 668 g/mol. The number of hydrogen-bond donors (Lipinski definition) is 2. The molecule has 3 fully saturated rings. The van der Waals surface area contributed by atoms with Gasteiger partial charge in [-0.05, 0) is 76.3 Å². The van der Waals surface area contributed by atoms with Gasteiger partial charge < -0.3 is 20.3 Å². The van der Waals surface area contributed by atoms with Crippen LogP contribution < -0.4 is 15.5 Å². The van der Waals surface area contributed by atoms with Gasteiger partial charge in [-0.15, -0.1) is 0 Å². The maximum atomic E-state index is 14.0. The summed E-state index contributed by atoms with van der Waals surface area (Å²) in [6.45, 7) is 11.1. The largest absolute Gasteiger partial charge is 0.444 e. The van der Waals surface area contributed by atoms with Gasteiger partial charge in [0.25, 0.3) is 0 Å². The number of benzene rings is 1. The van der Waals surface area contributed by atoms with Crippen LogP contribution in [0.2, 0.25) is 0 Å². The number of sulfonamides is 1. The summed E-state index contributed by atoms with van der Waals surface area (Å²) < 4.78 is 58.5. The number of carbonyl (C=O) groups excluding carboxylic acids is 3. The van der Waals surface area contributed by atoms with Gasteiger partial charge in [-0.25, -0.2) is 21.6 Å². The van der Waals surface area contributed by atoms with E-state index in [1.807, 2.05) is 45.0 Å². The lowest BCUT2D eigenvalue weighted by molar-refractivity contribution is -0.125. The molecule has 0 aromatic heterocycles. The van der Waals surface area contributed by atoms with Gasteiger partial charge in [0.15, 0.2) is 0 Å². The number of sulfone groups is 1. The number of fused-ring (bicyclic) bond motifs is 2. The quantitative estimate of drug-likeness (QED) is 0.385. The predicted molar refractivity (Wildman–Crippen MR) is 172 cm³/mol. The van der Waals surface area contributed by atoms with Gasteiger partial charge in [-0.1, -0.05) is 32.0 Å². The fourth-order valence-electron chi connectivity index (χ4n) is 7.37. The average Bonchev–Trinajstić information content (AvgIpc) is 3.25. The molecule has 0 radical (unpaired) electrons. The number of carbonyl (C=O) groups is 3. The number of nitrogens with zero attached hydrogens (tertiary/aromatic N) is 2. The van der Waals surface area contributed by atoms with Crippen molar-refractivity contribution in [2.24, 2.45) is 16.7 Å². The molecule has 1 saturated heterocycles. The van der Waals surface area contributed by atoms with E-state index in [-0.39, 0.29) is 49.4 Å². The molecule has 2 bridgehead atoms. The first-order valence-electron chi connectivity index (χ1n) is 15.5. The van der Waals surface area contributed by atoms with Crippen LogP contribution in [0.25, 0.3) is 0 Å². The van der Waals surface area contributed by atoms with Crippen LogP contribution in [0.15, 0.2) is 24.3 Å². The summed E-state index contributed by atoms with van der Waals surface area (Å²) in [6, 6.07) is 5.77. The molecule has 3 unspecified atom stereocenters. The van der Waals surface area contributed by atoms with Crippen LogP contribution in [-0.2, 0) is 34.2 Å². The third-order valence-electron chi connectivity index (χ3n) is 9.96. The molecule has 4 rings (SSSR count). The number of hydrogen-bond acceptors (Lipinski definition) is 8. The minimum Gasteiger partial charge on any atom is -0.444 e. The Labute approximate surface area is 267 Å². The van der Waals surface area contributed by atoms with Crippen molar-refractivity contribution < 1.29 is 36.0 Å². The zero-order chi connectivity index (χ0) is 33.6. The van der Waals surface area contributed by atoms with Crippen molar-refractivity contribution in [2.45, 2.75) is 84.9 Å². The number of para-hydroxylation sites is 1. The summed E-state index contributed by atoms with van der Waals surface area (Å²) in [5.41, 5.74) is -0.397. The normalized spacial score (nSPS) is 26.0. The van der Waals surface area contributed by atoms with Crippen LogP contribution in [0.1, 0.15) is 65.9 Å². The number of aryl methyl sites for hydroxylation is 1. The van der Waals surface area contributed by atoms with E-state index in [1.54, 1.807) is 25.7 Å². The first-order chi connectivity index (χ1) is 20.7. The molecule has 3 aliphatic rings. The van der Waals surface area contributed by atoms with E-state index in [9.17, 15) is 31.2 Å². The standard InChI is InChI=1S/C31H48N4O8S2/c1-21-10-8-9-11-24(21)35-16-15-34(19-26(35)36)45(41,42)20-31-14-12-22(30(31,5)6)18-25(31)33-27(37)23(13-17-44(7,39)40)32-28(38)43-29(2,3)4/h8-11,22-23,25H,12-20H2,1-7H3,(H,32,38)(H,33,37)/t22?,23-,25?,31?/m0/s1. The molecule has 1 aliphatic heterocycles. The lowest BCUT2D eigenvalue weighted by atomic mass is 9.69. The van der Waals surface area contributed by atoms with Crippen molar-refractivity contribution in [1.29, 1.82) is 0 Å². The topological polar surface area (TPSA) is 159 Å². The lowest BCUT2D eigenvalue weighted by Crippen LogP contribution is -2.59. The second-order valence-corrected chi connectivity index (χ2v) is 18.7.